The zero-order valence-electron chi connectivity index (χ0n) is 29.5. The Labute approximate surface area is 301 Å². The molecule has 0 bridgehead atoms. The lowest BCUT2D eigenvalue weighted by Gasteiger charge is -2.27. The van der Waals surface area contributed by atoms with Crippen LogP contribution >= 0.6 is 23.5 Å². The van der Waals surface area contributed by atoms with E-state index in [9.17, 15) is 19.8 Å². The molecule has 2 aromatic heterocycles. The van der Waals surface area contributed by atoms with Gasteiger partial charge in [0.05, 0.1) is 49.9 Å². The molecule has 0 aromatic carbocycles. The van der Waals surface area contributed by atoms with E-state index in [1.165, 1.54) is 0 Å². The molecule has 2 aliphatic heterocycles. The average molecular weight is 749 g/mol. The standard InChI is InChI=1S/2C13H24N4O3S.C4H4O4/c2*1-13(2,3)14-8-10(18)9-20-12-11(15-21-16-12)17-4-6-19-7-5-17;5-3(6)1-2-4(7)8/h2*10,14,18H,4-9H2,1-3H3;1-2H,(H,5,6)(H,7,8)/b;;2-1-/t2*10-;/m11./s1. The maximum atomic E-state index is 9.95. The highest BCUT2D eigenvalue weighted by Gasteiger charge is 2.22. The average Bonchev–Trinajstić information content (AvgIpc) is 3.74. The van der Waals surface area contributed by atoms with Crippen molar-refractivity contribution in [1.29, 1.82) is 0 Å². The lowest BCUT2D eigenvalue weighted by atomic mass is 10.1. The molecule has 0 saturated carbocycles. The van der Waals surface area contributed by atoms with Crippen LogP contribution in [0.1, 0.15) is 41.5 Å². The number of carbonyl (C=O) groups is 2. The van der Waals surface area contributed by atoms with Crippen molar-refractivity contribution >= 4 is 47.0 Å². The van der Waals surface area contributed by atoms with Crippen molar-refractivity contribution in [2.75, 3.05) is 88.7 Å². The molecule has 284 valence electrons. The Bertz CT molecular complexity index is 1190. The summed E-state index contributed by atoms with van der Waals surface area (Å²) in [5.74, 6) is -0.0215. The minimum absolute atomic E-state index is 0.0257. The van der Waals surface area contributed by atoms with Crippen LogP contribution in [0.25, 0.3) is 0 Å². The van der Waals surface area contributed by atoms with Crippen molar-refractivity contribution in [3.05, 3.63) is 12.2 Å². The van der Waals surface area contributed by atoms with E-state index in [4.69, 9.17) is 29.2 Å². The largest absolute Gasteiger partial charge is 0.478 e. The molecular formula is C30H52N8O10S2. The van der Waals surface area contributed by atoms with Crippen molar-refractivity contribution in [2.45, 2.75) is 64.8 Å². The van der Waals surface area contributed by atoms with Crippen LogP contribution in [-0.2, 0) is 19.1 Å². The van der Waals surface area contributed by atoms with Gasteiger partial charge in [0.2, 0.25) is 11.6 Å². The Morgan fingerprint density at radius 1 is 0.720 bits per heavy atom. The van der Waals surface area contributed by atoms with E-state index < -0.39 is 24.1 Å². The van der Waals surface area contributed by atoms with Crippen LogP contribution in [0, 0.1) is 0 Å². The number of nitrogens with zero attached hydrogens (tertiary/aromatic N) is 6. The number of hydrogen-bond acceptors (Lipinski definition) is 18. The number of morpholine rings is 2. The van der Waals surface area contributed by atoms with Gasteiger partial charge in [-0.15, -0.1) is 8.75 Å². The van der Waals surface area contributed by atoms with E-state index in [0.29, 0.717) is 63.4 Å². The molecule has 20 heteroatoms. The normalized spacial score (nSPS) is 16.5. The fraction of sp³-hybridized carbons (Fsp3) is 0.733. The molecule has 2 saturated heterocycles. The SMILES string of the molecule is CC(C)(C)NC[C@@H](O)COc1nsnc1N1CCOCC1.CC(C)(C)NC[C@@H](O)COc1nsnc1N1CCOCC1.O=C(O)/C=C\C(=O)O. The third-order valence-corrected chi connectivity index (χ3v) is 7.44. The minimum Gasteiger partial charge on any atom is -0.478 e. The minimum atomic E-state index is -1.26. The Kier molecular flexibility index (Phi) is 18.8. The highest BCUT2D eigenvalue weighted by Crippen LogP contribution is 2.27. The molecule has 2 atom stereocenters. The number of aliphatic hydroxyl groups is 2. The molecule has 2 aromatic rings. The summed E-state index contributed by atoms with van der Waals surface area (Å²) < 4.78 is 38.8. The number of β-amino-alcohol motifs (C(OH)–C–C–N with tert-alkyl or cyclic N) is 2. The first-order valence-electron chi connectivity index (χ1n) is 16.1. The van der Waals surface area contributed by atoms with E-state index in [1.54, 1.807) is 0 Å². The van der Waals surface area contributed by atoms with Gasteiger partial charge in [-0.05, 0) is 41.5 Å². The van der Waals surface area contributed by atoms with E-state index in [1.807, 2.05) is 0 Å². The lowest BCUT2D eigenvalue weighted by molar-refractivity contribution is -0.134. The van der Waals surface area contributed by atoms with Crippen molar-refractivity contribution < 1.29 is 49.0 Å². The summed E-state index contributed by atoms with van der Waals surface area (Å²) in [5.41, 5.74) is -0.0513. The molecule has 0 aliphatic carbocycles. The first-order valence-corrected chi connectivity index (χ1v) is 17.6. The number of ether oxygens (including phenoxy) is 4. The highest BCUT2D eigenvalue weighted by molar-refractivity contribution is 6.99. The summed E-state index contributed by atoms with van der Waals surface area (Å²) >= 11 is 2.25. The molecule has 4 rings (SSSR count). The second kappa shape index (κ2) is 21.9. The highest BCUT2D eigenvalue weighted by atomic mass is 32.1. The third-order valence-electron chi connectivity index (χ3n) is 6.44. The lowest BCUT2D eigenvalue weighted by Crippen LogP contribution is -2.42. The van der Waals surface area contributed by atoms with Gasteiger partial charge in [-0.1, -0.05) is 0 Å². The molecule has 2 aliphatic rings. The monoisotopic (exact) mass is 748 g/mol. The van der Waals surface area contributed by atoms with Crippen LogP contribution in [0.3, 0.4) is 0 Å². The number of carboxylic acids is 2. The van der Waals surface area contributed by atoms with Gasteiger partial charge < -0.3 is 59.8 Å². The van der Waals surface area contributed by atoms with Gasteiger partial charge >= 0.3 is 11.9 Å². The summed E-state index contributed by atoms with van der Waals surface area (Å²) in [7, 11) is 0. The Hall–Kier alpha value is -3.24. The maximum absolute atomic E-state index is 9.95. The van der Waals surface area contributed by atoms with E-state index in [2.05, 4.69) is 79.5 Å². The van der Waals surface area contributed by atoms with Gasteiger partial charge in [0.15, 0.2) is 0 Å². The van der Waals surface area contributed by atoms with Gasteiger partial charge in [-0.3, -0.25) is 0 Å². The maximum Gasteiger partial charge on any atom is 0.328 e. The van der Waals surface area contributed by atoms with Crippen molar-refractivity contribution in [3.63, 3.8) is 0 Å². The quantitative estimate of drug-likeness (QED) is 0.146. The number of hydrogen-bond donors (Lipinski definition) is 6. The first-order chi connectivity index (χ1) is 23.5. The second-order valence-electron chi connectivity index (χ2n) is 13.2. The molecule has 4 heterocycles. The molecular weight excluding hydrogens is 697 g/mol. The van der Waals surface area contributed by atoms with E-state index >= 15 is 0 Å². The van der Waals surface area contributed by atoms with Crippen LogP contribution in [0.4, 0.5) is 11.6 Å². The van der Waals surface area contributed by atoms with Crippen LogP contribution in [0.2, 0.25) is 0 Å². The van der Waals surface area contributed by atoms with Crippen molar-refractivity contribution in [1.82, 2.24) is 28.1 Å². The number of aliphatic hydroxyl groups excluding tert-OH is 2. The molecule has 6 N–H and O–H groups in total. The van der Waals surface area contributed by atoms with Crippen LogP contribution in [0.15, 0.2) is 12.2 Å². The summed E-state index contributed by atoms with van der Waals surface area (Å²) in [6, 6.07) is 0. The van der Waals surface area contributed by atoms with Gasteiger partial charge in [0.25, 0.3) is 11.8 Å². The second-order valence-corrected chi connectivity index (χ2v) is 14.2. The number of rotatable bonds is 14. The predicted molar refractivity (Wildman–Crippen MR) is 189 cm³/mol. The van der Waals surface area contributed by atoms with E-state index in [0.717, 1.165) is 61.3 Å². The molecule has 2 fully saturated rings. The molecule has 0 amide bonds. The number of aromatic nitrogens is 4. The fourth-order valence-electron chi connectivity index (χ4n) is 3.93. The summed E-state index contributed by atoms with van der Waals surface area (Å²) in [5, 5.41) is 42.0. The number of nitrogens with one attached hydrogen (secondary N) is 2. The Morgan fingerprint density at radius 2 is 1.06 bits per heavy atom. The summed E-state index contributed by atoms with van der Waals surface area (Å²) in [6.07, 6.45) is -0.0445. The van der Waals surface area contributed by atoms with Gasteiger partial charge in [-0.25, -0.2) is 9.59 Å². The topological polar surface area (TPSA) is 234 Å². The van der Waals surface area contributed by atoms with Gasteiger partial charge in [-0.2, -0.15) is 8.75 Å². The first kappa shape index (κ1) is 42.9. The third kappa shape index (κ3) is 18.7. The number of carboxylic acid groups (broad SMARTS) is 2. The molecule has 0 spiro atoms. The summed E-state index contributed by atoms with van der Waals surface area (Å²) in [4.78, 5) is 23.3. The zero-order valence-corrected chi connectivity index (χ0v) is 31.2. The van der Waals surface area contributed by atoms with Crippen LogP contribution in [0.5, 0.6) is 11.8 Å². The summed E-state index contributed by atoms with van der Waals surface area (Å²) in [6.45, 7) is 19.6. The fourth-order valence-corrected chi connectivity index (χ4v) is 4.97. The number of anilines is 2. The van der Waals surface area contributed by atoms with E-state index in [-0.39, 0.29) is 24.3 Å². The smallest absolute Gasteiger partial charge is 0.328 e. The molecule has 18 nitrogen and oxygen atoms in total. The molecule has 50 heavy (non-hydrogen) atoms. The van der Waals surface area contributed by atoms with Gasteiger partial charge in [0, 0.05) is 62.5 Å². The zero-order chi connectivity index (χ0) is 37.2. The Morgan fingerprint density at radius 3 is 1.36 bits per heavy atom. The molecule has 0 radical (unpaired) electrons. The predicted octanol–water partition coefficient (Wildman–Crippen LogP) is 0.717. The van der Waals surface area contributed by atoms with Crippen LogP contribution < -0.4 is 29.9 Å². The van der Waals surface area contributed by atoms with Crippen molar-refractivity contribution in [3.8, 4) is 11.8 Å². The Balaban J connectivity index is 0.000000286. The van der Waals surface area contributed by atoms with Crippen molar-refractivity contribution in [2.24, 2.45) is 0 Å². The number of aliphatic carboxylic acids is 2. The van der Waals surface area contributed by atoms with Gasteiger partial charge in [0.1, 0.15) is 25.4 Å². The molecule has 0 unspecified atom stereocenters. The van der Waals surface area contributed by atoms with Crippen LogP contribution in [-0.4, -0.2) is 152 Å².